The van der Waals surface area contributed by atoms with Gasteiger partial charge in [0.2, 0.25) is 0 Å². The van der Waals surface area contributed by atoms with Crippen LogP contribution in [0.1, 0.15) is 21.6 Å². The fourth-order valence-corrected chi connectivity index (χ4v) is 2.42. The van der Waals surface area contributed by atoms with Crippen LogP contribution in [0.15, 0.2) is 66.2 Å². The van der Waals surface area contributed by atoms with Crippen molar-refractivity contribution in [2.24, 2.45) is 5.10 Å². The quantitative estimate of drug-likeness (QED) is 0.576. The van der Waals surface area contributed by atoms with E-state index in [2.05, 4.69) is 15.5 Å². The third-order valence-electron chi connectivity index (χ3n) is 3.69. The number of rotatable bonds is 5. The normalized spacial score (nSPS) is 10.8. The monoisotopic (exact) mass is 334 g/mol. The SMILES string of the molecule is COc1ccc(-n2cc(/C=N\NC(=O)c3cccnc3)cc2C)cc1. The van der Waals surface area contributed by atoms with Crippen molar-refractivity contribution in [3.63, 3.8) is 0 Å². The topological polar surface area (TPSA) is 68.5 Å². The van der Waals surface area contributed by atoms with E-state index in [4.69, 9.17) is 4.74 Å². The molecule has 6 nitrogen and oxygen atoms in total. The van der Waals surface area contributed by atoms with E-state index in [-0.39, 0.29) is 5.91 Å². The van der Waals surface area contributed by atoms with Crippen LogP contribution < -0.4 is 10.2 Å². The smallest absolute Gasteiger partial charge is 0.272 e. The number of benzene rings is 1. The van der Waals surface area contributed by atoms with Gasteiger partial charge in [0.15, 0.2) is 0 Å². The number of hydrogen-bond donors (Lipinski definition) is 1. The van der Waals surface area contributed by atoms with Gasteiger partial charge in [0, 0.05) is 35.5 Å². The van der Waals surface area contributed by atoms with E-state index in [1.165, 1.54) is 6.20 Å². The largest absolute Gasteiger partial charge is 0.497 e. The minimum atomic E-state index is -0.296. The van der Waals surface area contributed by atoms with Gasteiger partial charge in [0.1, 0.15) is 5.75 Å². The van der Waals surface area contributed by atoms with Crippen molar-refractivity contribution in [3.8, 4) is 11.4 Å². The fraction of sp³-hybridized carbons (Fsp3) is 0.105. The molecule has 0 spiro atoms. The highest BCUT2D eigenvalue weighted by molar-refractivity contribution is 5.94. The second kappa shape index (κ2) is 7.44. The Bertz CT molecular complexity index is 884. The van der Waals surface area contributed by atoms with Crippen molar-refractivity contribution < 1.29 is 9.53 Å². The lowest BCUT2D eigenvalue weighted by Gasteiger charge is -2.06. The van der Waals surface area contributed by atoms with E-state index in [1.807, 2.05) is 48.0 Å². The first-order valence-electron chi connectivity index (χ1n) is 7.74. The lowest BCUT2D eigenvalue weighted by atomic mass is 10.3. The Labute approximate surface area is 145 Å². The number of ether oxygens (including phenoxy) is 1. The van der Waals surface area contributed by atoms with Crippen molar-refractivity contribution in [1.82, 2.24) is 15.0 Å². The van der Waals surface area contributed by atoms with Crippen LogP contribution in [0, 0.1) is 6.92 Å². The van der Waals surface area contributed by atoms with Gasteiger partial charge in [-0.3, -0.25) is 9.78 Å². The number of hydrazone groups is 1. The van der Waals surface area contributed by atoms with Crippen molar-refractivity contribution in [1.29, 1.82) is 0 Å². The van der Waals surface area contributed by atoms with E-state index >= 15 is 0 Å². The molecule has 0 unspecified atom stereocenters. The van der Waals surface area contributed by atoms with Gasteiger partial charge in [0.05, 0.1) is 18.9 Å². The lowest BCUT2D eigenvalue weighted by molar-refractivity contribution is 0.0955. The molecular weight excluding hydrogens is 316 g/mol. The maximum absolute atomic E-state index is 11.9. The first-order valence-corrected chi connectivity index (χ1v) is 7.74. The molecule has 2 heterocycles. The van der Waals surface area contributed by atoms with E-state index in [0.717, 1.165) is 22.7 Å². The average Bonchev–Trinajstić information content (AvgIpc) is 3.03. The second-order valence-electron chi connectivity index (χ2n) is 5.42. The van der Waals surface area contributed by atoms with Crippen LogP contribution in [0.3, 0.4) is 0 Å². The zero-order valence-electron chi connectivity index (χ0n) is 14.0. The van der Waals surface area contributed by atoms with Gasteiger partial charge in [-0.15, -0.1) is 0 Å². The summed E-state index contributed by atoms with van der Waals surface area (Å²) in [4.78, 5) is 15.8. The summed E-state index contributed by atoms with van der Waals surface area (Å²) in [6.07, 6.45) is 6.68. The summed E-state index contributed by atoms with van der Waals surface area (Å²) < 4.78 is 7.22. The number of carbonyl (C=O) groups is 1. The molecule has 1 N–H and O–H groups in total. The zero-order valence-corrected chi connectivity index (χ0v) is 14.0. The van der Waals surface area contributed by atoms with Gasteiger partial charge in [-0.2, -0.15) is 5.10 Å². The molecule has 0 atom stereocenters. The average molecular weight is 334 g/mol. The molecule has 0 saturated heterocycles. The molecule has 0 aliphatic rings. The highest BCUT2D eigenvalue weighted by atomic mass is 16.5. The number of carbonyl (C=O) groups excluding carboxylic acids is 1. The predicted molar refractivity (Wildman–Crippen MR) is 96.4 cm³/mol. The Morgan fingerprint density at radius 2 is 2.08 bits per heavy atom. The number of methoxy groups -OCH3 is 1. The van der Waals surface area contributed by atoms with Crippen LogP contribution in [-0.2, 0) is 0 Å². The van der Waals surface area contributed by atoms with Gasteiger partial charge in [0.25, 0.3) is 5.91 Å². The Kier molecular flexibility index (Phi) is 4.89. The van der Waals surface area contributed by atoms with Crippen LogP contribution in [-0.4, -0.2) is 28.8 Å². The molecule has 1 aromatic carbocycles. The molecule has 1 amide bonds. The van der Waals surface area contributed by atoms with E-state index in [9.17, 15) is 4.79 Å². The number of hydrogen-bond acceptors (Lipinski definition) is 4. The third-order valence-corrected chi connectivity index (χ3v) is 3.69. The number of pyridine rings is 1. The lowest BCUT2D eigenvalue weighted by Crippen LogP contribution is -2.17. The number of amides is 1. The van der Waals surface area contributed by atoms with Crippen molar-refractivity contribution in [2.75, 3.05) is 7.11 Å². The molecule has 0 saturated carbocycles. The summed E-state index contributed by atoms with van der Waals surface area (Å²) >= 11 is 0. The molecule has 0 aliphatic heterocycles. The van der Waals surface area contributed by atoms with E-state index in [0.29, 0.717) is 5.56 Å². The Morgan fingerprint density at radius 1 is 1.28 bits per heavy atom. The van der Waals surface area contributed by atoms with Crippen LogP contribution in [0.2, 0.25) is 0 Å². The van der Waals surface area contributed by atoms with Crippen molar-refractivity contribution >= 4 is 12.1 Å². The fourth-order valence-electron chi connectivity index (χ4n) is 2.42. The molecule has 0 fully saturated rings. The maximum atomic E-state index is 11.9. The van der Waals surface area contributed by atoms with E-state index in [1.54, 1.807) is 31.7 Å². The Morgan fingerprint density at radius 3 is 2.76 bits per heavy atom. The van der Waals surface area contributed by atoms with Crippen molar-refractivity contribution in [2.45, 2.75) is 6.92 Å². The summed E-state index contributed by atoms with van der Waals surface area (Å²) in [5.41, 5.74) is 5.93. The van der Waals surface area contributed by atoms with Crippen LogP contribution in [0.25, 0.3) is 5.69 Å². The van der Waals surface area contributed by atoms with Crippen LogP contribution in [0.4, 0.5) is 0 Å². The summed E-state index contributed by atoms with van der Waals surface area (Å²) in [6.45, 7) is 2.01. The minimum Gasteiger partial charge on any atom is -0.497 e. The summed E-state index contributed by atoms with van der Waals surface area (Å²) in [5, 5.41) is 4.01. The summed E-state index contributed by atoms with van der Waals surface area (Å²) in [6, 6.07) is 13.2. The molecule has 25 heavy (non-hydrogen) atoms. The molecule has 0 bridgehead atoms. The molecule has 0 aliphatic carbocycles. The van der Waals surface area contributed by atoms with E-state index < -0.39 is 0 Å². The second-order valence-corrected chi connectivity index (χ2v) is 5.42. The first-order chi connectivity index (χ1) is 12.2. The molecule has 6 heteroatoms. The number of aryl methyl sites for hydroxylation is 1. The number of nitrogens with zero attached hydrogens (tertiary/aromatic N) is 3. The summed E-state index contributed by atoms with van der Waals surface area (Å²) in [5.74, 6) is 0.518. The minimum absolute atomic E-state index is 0.296. The number of aromatic nitrogens is 2. The summed E-state index contributed by atoms with van der Waals surface area (Å²) in [7, 11) is 1.64. The van der Waals surface area contributed by atoms with Gasteiger partial charge < -0.3 is 9.30 Å². The molecular formula is C19H18N4O2. The molecule has 3 rings (SSSR count). The van der Waals surface area contributed by atoms with Gasteiger partial charge >= 0.3 is 0 Å². The maximum Gasteiger partial charge on any atom is 0.272 e. The van der Waals surface area contributed by atoms with Gasteiger partial charge in [-0.25, -0.2) is 5.43 Å². The zero-order chi connectivity index (χ0) is 17.6. The Balaban J connectivity index is 1.70. The molecule has 2 aromatic heterocycles. The Hall–Kier alpha value is -3.41. The van der Waals surface area contributed by atoms with Crippen LogP contribution in [0.5, 0.6) is 5.75 Å². The highest BCUT2D eigenvalue weighted by Crippen LogP contribution is 2.18. The van der Waals surface area contributed by atoms with Crippen molar-refractivity contribution in [3.05, 3.63) is 77.9 Å². The molecule has 126 valence electrons. The standard InChI is InChI=1S/C19H18N4O2/c1-14-10-15(11-21-22-19(24)16-4-3-9-20-12-16)13-23(14)17-5-7-18(25-2)8-6-17/h3-13H,1-2H3,(H,22,24)/b21-11-. The van der Waals surface area contributed by atoms with Gasteiger partial charge in [-0.1, -0.05) is 0 Å². The highest BCUT2D eigenvalue weighted by Gasteiger charge is 2.05. The van der Waals surface area contributed by atoms with Crippen LogP contribution >= 0.6 is 0 Å². The molecule has 3 aromatic rings. The first kappa shape index (κ1) is 16.4. The third kappa shape index (κ3) is 3.92. The molecule has 0 radical (unpaired) electrons. The number of nitrogens with one attached hydrogen (secondary N) is 1. The van der Waals surface area contributed by atoms with Gasteiger partial charge in [-0.05, 0) is 49.4 Å². The predicted octanol–water partition coefficient (Wildman–Crippen LogP) is 2.95.